The van der Waals surface area contributed by atoms with Crippen LogP contribution in [0.15, 0.2) is 6.20 Å². The van der Waals surface area contributed by atoms with Gasteiger partial charge in [-0.15, -0.1) is 0 Å². The maximum Gasteiger partial charge on any atom is 0.113 e. The highest BCUT2D eigenvalue weighted by Crippen LogP contribution is 2.45. The van der Waals surface area contributed by atoms with Crippen molar-refractivity contribution < 1.29 is 0 Å². The van der Waals surface area contributed by atoms with Gasteiger partial charge in [0.15, 0.2) is 0 Å². The largest absolute Gasteiger partial charge is 0.346 e. The van der Waals surface area contributed by atoms with Crippen molar-refractivity contribution in [1.82, 2.24) is 9.97 Å². The van der Waals surface area contributed by atoms with Gasteiger partial charge in [-0.25, -0.2) is 4.98 Å². The summed E-state index contributed by atoms with van der Waals surface area (Å²) < 4.78 is 0. The molecule has 1 aromatic rings. The smallest absolute Gasteiger partial charge is 0.113 e. The SMILES string of the molecule is Cc1cnc(C2(CN)CC2)[nH]1. The number of aryl methyl sites for hydroxylation is 1. The van der Waals surface area contributed by atoms with E-state index in [9.17, 15) is 0 Å². The van der Waals surface area contributed by atoms with Crippen LogP contribution in [0.3, 0.4) is 0 Å². The lowest BCUT2D eigenvalue weighted by Crippen LogP contribution is -2.21. The summed E-state index contributed by atoms with van der Waals surface area (Å²) in [5.41, 5.74) is 6.99. The predicted octanol–water partition coefficient (Wildman–Crippen LogP) is 0.708. The fourth-order valence-corrected chi connectivity index (χ4v) is 1.37. The zero-order valence-corrected chi connectivity index (χ0v) is 6.72. The van der Waals surface area contributed by atoms with Gasteiger partial charge in [0.05, 0.1) is 0 Å². The van der Waals surface area contributed by atoms with E-state index in [4.69, 9.17) is 5.73 Å². The van der Waals surface area contributed by atoms with Crippen LogP contribution in [-0.4, -0.2) is 16.5 Å². The van der Waals surface area contributed by atoms with Crippen molar-refractivity contribution in [2.45, 2.75) is 25.2 Å². The highest BCUT2D eigenvalue weighted by Gasteiger charge is 2.45. The summed E-state index contributed by atoms with van der Waals surface area (Å²) in [6.07, 6.45) is 4.25. The molecule has 0 bridgehead atoms. The summed E-state index contributed by atoms with van der Waals surface area (Å²) in [5, 5.41) is 0. The molecule has 11 heavy (non-hydrogen) atoms. The van der Waals surface area contributed by atoms with Crippen LogP contribution in [0.1, 0.15) is 24.4 Å². The Kier molecular flexibility index (Phi) is 1.29. The summed E-state index contributed by atoms with van der Waals surface area (Å²) in [6.45, 7) is 2.74. The van der Waals surface area contributed by atoms with Crippen molar-refractivity contribution in [3.63, 3.8) is 0 Å². The van der Waals surface area contributed by atoms with Gasteiger partial charge in [0.25, 0.3) is 0 Å². The van der Waals surface area contributed by atoms with Crippen molar-refractivity contribution in [3.05, 3.63) is 17.7 Å². The summed E-state index contributed by atoms with van der Waals surface area (Å²) >= 11 is 0. The first-order chi connectivity index (χ1) is 5.27. The normalized spacial score (nSPS) is 20.2. The van der Waals surface area contributed by atoms with Crippen molar-refractivity contribution in [2.75, 3.05) is 6.54 Å². The number of aromatic amines is 1. The predicted molar refractivity (Wildman–Crippen MR) is 43.3 cm³/mol. The summed E-state index contributed by atoms with van der Waals surface area (Å²) in [4.78, 5) is 7.52. The van der Waals surface area contributed by atoms with E-state index in [0.29, 0.717) is 0 Å². The Bertz CT molecular complexity index is 260. The Morgan fingerprint density at radius 1 is 1.73 bits per heavy atom. The second kappa shape index (κ2) is 2.08. The van der Waals surface area contributed by atoms with Crippen molar-refractivity contribution in [3.8, 4) is 0 Å². The molecule has 1 heterocycles. The molecule has 0 unspecified atom stereocenters. The van der Waals surface area contributed by atoms with E-state index in [-0.39, 0.29) is 5.41 Å². The van der Waals surface area contributed by atoms with Gasteiger partial charge in [-0.1, -0.05) is 0 Å². The van der Waals surface area contributed by atoms with Gasteiger partial charge in [0.2, 0.25) is 0 Å². The molecule has 1 aliphatic rings. The molecule has 0 amide bonds. The van der Waals surface area contributed by atoms with E-state index >= 15 is 0 Å². The first-order valence-corrected chi connectivity index (χ1v) is 3.99. The molecule has 0 aliphatic heterocycles. The zero-order valence-electron chi connectivity index (χ0n) is 6.72. The number of nitrogens with two attached hydrogens (primary N) is 1. The fourth-order valence-electron chi connectivity index (χ4n) is 1.37. The molecule has 0 radical (unpaired) electrons. The van der Waals surface area contributed by atoms with Gasteiger partial charge in [0, 0.05) is 23.9 Å². The topological polar surface area (TPSA) is 54.7 Å². The molecular weight excluding hydrogens is 138 g/mol. The van der Waals surface area contributed by atoms with Crippen LogP contribution < -0.4 is 5.73 Å². The van der Waals surface area contributed by atoms with Gasteiger partial charge in [-0.05, 0) is 19.8 Å². The molecule has 1 aromatic heterocycles. The maximum absolute atomic E-state index is 5.65. The van der Waals surface area contributed by atoms with E-state index in [2.05, 4.69) is 9.97 Å². The highest BCUT2D eigenvalue weighted by molar-refractivity contribution is 5.20. The molecule has 0 spiro atoms. The lowest BCUT2D eigenvalue weighted by molar-refractivity contribution is 0.658. The third-order valence-corrected chi connectivity index (χ3v) is 2.45. The van der Waals surface area contributed by atoms with Crippen LogP contribution in [0.2, 0.25) is 0 Å². The molecule has 3 heteroatoms. The van der Waals surface area contributed by atoms with Crippen LogP contribution in [-0.2, 0) is 5.41 Å². The Labute approximate surface area is 66.0 Å². The van der Waals surface area contributed by atoms with E-state index in [0.717, 1.165) is 18.1 Å². The Morgan fingerprint density at radius 3 is 2.82 bits per heavy atom. The van der Waals surface area contributed by atoms with Crippen molar-refractivity contribution in [2.24, 2.45) is 5.73 Å². The van der Waals surface area contributed by atoms with Crippen LogP contribution in [0.5, 0.6) is 0 Å². The van der Waals surface area contributed by atoms with E-state index in [1.54, 1.807) is 0 Å². The van der Waals surface area contributed by atoms with E-state index < -0.39 is 0 Å². The quantitative estimate of drug-likeness (QED) is 0.654. The standard InChI is InChI=1S/C8H13N3/c1-6-4-10-7(11-6)8(5-9)2-3-8/h4H,2-3,5,9H2,1H3,(H,10,11). The van der Waals surface area contributed by atoms with Gasteiger partial charge < -0.3 is 10.7 Å². The molecule has 0 atom stereocenters. The monoisotopic (exact) mass is 151 g/mol. The Morgan fingerprint density at radius 2 is 2.45 bits per heavy atom. The molecule has 1 saturated carbocycles. The molecule has 2 rings (SSSR count). The second-order valence-corrected chi connectivity index (χ2v) is 3.40. The second-order valence-electron chi connectivity index (χ2n) is 3.40. The summed E-state index contributed by atoms with van der Waals surface area (Å²) in [6, 6.07) is 0. The van der Waals surface area contributed by atoms with Crippen LogP contribution in [0.25, 0.3) is 0 Å². The number of nitrogens with one attached hydrogen (secondary N) is 1. The number of hydrogen-bond acceptors (Lipinski definition) is 2. The summed E-state index contributed by atoms with van der Waals surface area (Å²) in [5.74, 6) is 1.08. The number of imidazole rings is 1. The van der Waals surface area contributed by atoms with Gasteiger partial charge in [-0.3, -0.25) is 0 Å². The number of aromatic nitrogens is 2. The van der Waals surface area contributed by atoms with Gasteiger partial charge >= 0.3 is 0 Å². The Balaban J connectivity index is 2.29. The average Bonchev–Trinajstić information content (AvgIpc) is 2.70. The van der Waals surface area contributed by atoms with Gasteiger partial charge in [0.1, 0.15) is 5.82 Å². The molecule has 1 fully saturated rings. The lowest BCUT2D eigenvalue weighted by atomic mass is 10.1. The molecule has 1 aliphatic carbocycles. The third-order valence-electron chi connectivity index (χ3n) is 2.45. The van der Waals surface area contributed by atoms with E-state index in [1.807, 2.05) is 13.1 Å². The first-order valence-electron chi connectivity index (χ1n) is 3.99. The minimum Gasteiger partial charge on any atom is -0.346 e. The lowest BCUT2D eigenvalue weighted by Gasteiger charge is -2.06. The van der Waals surface area contributed by atoms with Crippen LogP contribution in [0, 0.1) is 6.92 Å². The van der Waals surface area contributed by atoms with Crippen molar-refractivity contribution in [1.29, 1.82) is 0 Å². The molecule has 0 saturated heterocycles. The minimum absolute atomic E-state index is 0.217. The number of H-pyrrole nitrogens is 1. The molecule has 3 nitrogen and oxygen atoms in total. The number of nitrogens with zero attached hydrogens (tertiary/aromatic N) is 1. The molecule has 3 N–H and O–H groups in total. The van der Waals surface area contributed by atoms with E-state index in [1.165, 1.54) is 12.8 Å². The van der Waals surface area contributed by atoms with Crippen LogP contribution >= 0.6 is 0 Å². The first kappa shape index (κ1) is 6.85. The summed E-state index contributed by atoms with van der Waals surface area (Å²) in [7, 11) is 0. The zero-order chi connectivity index (χ0) is 7.90. The average molecular weight is 151 g/mol. The van der Waals surface area contributed by atoms with Crippen LogP contribution in [0.4, 0.5) is 0 Å². The highest BCUT2D eigenvalue weighted by atomic mass is 15.0. The minimum atomic E-state index is 0.217. The maximum atomic E-state index is 5.65. The van der Waals surface area contributed by atoms with Crippen molar-refractivity contribution >= 4 is 0 Å². The number of hydrogen-bond donors (Lipinski definition) is 2. The molecule has 0 aromatic carbocycles. The Hall–Kier alpha value is -0.830. The number of rotatable bonds is 2. The third kappa shape index (κ3) is 0.959. The molecule has 60 valence electrons. The van der Waals surface area contributed by atoms with Gasteiger partial charge in [-0.2, -0.15) is 0 Å². The molecular formula is C8H13N3. The fraction of sp³-hybridized carbons (Fsp3) is 0.625.